The van der Waals surface area contributed by atoms with Crippen LogP contribution in [-0.2, 0) is 6.54 Å². The van der Waals surface area contributed by atoms with Crippen molar-refractivity contribution in [2.24, 2.45) is 4.99 Å². The first-order chi connectivity index (χ1) is 12.8. The van der Waals surface area contributed by atoms with Crippen molar-refractivity contribution < 1.29 is 0 Å². The maximum absolute atomic E-state index is 4.85. The van der Waals surface area contributed by atoms with E-state index >= 15 is 0 Å². The fraction of sp³-hybridized carbons (Fsp3) is 0.682. The highest BCUT2D eigenvalue weighted by Crippen LogP contribution is 2.20. The predicted octanol–water partition coefficient (Wildman–Crippen LogP) is 2.93. The third-order valence-electron chi connectivity index (χ3n) is 5.76. The van der Waals surface area contributed by atoms with Gasteiger partial charge in [0, 0.05) is 37.3 Å². The zero-order chi connectivity index (χ0) is 19.9. The number of guanidine groups is 1. The number of likely N-dealkylation sites (tertiary alicyclic amines) is 1. The highest BCUT2D eigenvalue weighted by atomic mass is 15.2. The van der Waals surface area contributed by atoms with Crippen molar-refractivity contribution >= 4 is 5.96 Å². The monoisotopic (exact) mass is 373 g/mol. The average molecular weight is 374 g/mol. The van der Waals surface area contributed by atoms with Gasteiger partial charge in [0.25, 0.3) is 0 Å². The molecule has 0 radical (unpaired) electrons. The predicted molar refractivity (Wildman–Crippen MR) is 116 cm³/mol. The van der Waals surface area contributed by atoms with Crippen molar-refractivity contribution in [3.8, 4) is 0 Å². The molecule has 0 aromatic heterocycles. The molecule has 1 aliphatic rings. The first-order valence-corrected chi connectivity index (χ1v) is 10.3. The van der Waals surface area contributed by atoms with Gasteiger partial charge in [0.2, 0.25) is 0 Å². The molecule has 27 heavy (non-hydrogen) atoms. The Morgan fingerprint density at radius 1 is 1.26 bits per heavy atom. The molecule has 0 bridgehead atoms. The van der Waals surface area contributed by atoms with Crippen LogP contribution in [0.15, 0.2) is 35.3 Å². The van der Waals surface area contributed by atoms with Gasteiger partial charge in [-0.3, -0.25) is 9.89 Å². The molecule has 1 aromatic carbocycles. The van der Waals surface area contributed by atoms with Gasteiger partial charge < -0.3 is 15.5 Å². The van der Waals surface area contributed by atoms with Crippen LogP contribution >= 0.6 is 0 Å². The van der Waals surface area contributed by atoms with E-state index in [2.05, 4.69) is 92.6 Å². The molecular formula is C22H39N5. The van der Waals surface area contributed by atoms with Crippen molar-refractivity contribution in [2.45, 2.75) is 64.7 Å². The lowest BCUT2D eigenvalue weighted by molar-refractivity contribution is 0.134. The number of hydrogen-bond donors (Lipinski definition) is 2. The smallest absolute Gasteiger partial charge is 0.191 e. The van der Waals surface area contributed by atoms with E-state index in [-0.39, 0.29) is 5.54 Å². The van der Waals surface area contributed by atoms with Crippen LogP contribution < -0.4 is 10.6 Å². The van der Waals surface area contributed by atoms with Crippen molar-refractivity contribution in [3.05, 3.63) is 35.9 Å². The summed E-state index contributed by atoms with van der Waals surface area (Å²) in [6, 6.07) is 11.8. The lowest BCUT2D eigenvalue weighted by Gasteiger charge is -2.38. The maximum atomic E-state index is 4.85. The Hall–Kier alpha value is -1.59. The molecule has 5 heteroatoms. The van der Waals surface area contributed by atoms with Crippen LogP contribution in [0.5, 0.6) is 0 Å². The Bertz CT molecular complexity index is 582. The number of rotatable bonds is 7. The first kappa shape index (κ1) is 21.7. The van der Waals surface area contributed by atoms with E-state index in [9.17, 15) is 0 Å². The lowest BCUT2D eigenvalue weighted by Crippen LogP contribution is -2.51. The second-order valence-electron chi connectivity index (χ2n) is 8.57. The Labute approximate surface area is 166 Å². The molecule has 152 valence electrons. The summed E-state index contributed by atoms with van der Waals surface area (Å²) in [5.74, 6) is 0.945. The van der Waals surface area contributed by atoms with Crippen LogP contribution in [0, 0.1) is 0 Å². The number of hydrogen-bond acceptors (Lipinski definition) is 3. The zero-order valence-corrected chi connectivity index (χ0v) is 18.1. The van der Waals surface area contributed by atoms with E-state index in [4.69, 9.17) is 4.99 Å². The van der Waals surface area contributed by atoms with Crippen molar-refractivity contribution in [3.63, 3.8) is 0 Å². The van der Waals surface area contributed by atoms with Crippen LogP contribution in [-0.4, -0.2) is 67.1 Å². The standard InChI is InChI=1S/C22H39N5/c1-7-23-21(24-17-22(3,4)26(5)6)25-20-13-14-27(18(2)15-20)16-19-11-9-8-10-12-19/h8-12,18,20H,7,13-17H2,1-6H3,(H2,23,24,25). The van der Waals surface area contributed by atoms with Crippen molar-refractivity contribution in [1.29, 1.82) is 0 Å². The molecule has 1 fully saturated rings. The number of benzene rings is 1. The maximum Gasteiger partial charge on any atom is 0.191 e. The Kier molecular flexibility index (Phi) is 8.11. The van der Waals surface area contributed by atoms with Gasteiger partial charge in [-0.15, -0.1) is 0 Å². The molecule has 2 unspecified atom stereocenters. The van der Waals surface area contributed by atoms with Gasteiger partial charge in [-0.1, -0.05) is 30.3 Å². The number of piperidine rings is 1. The summed E-state index contributed by atoms with van der Waals surface area (Å²) in [5.41, 5.74) is 1.45. The summed E-state index contributed by atoms with van der Waals surface area (Å²) >= 11 is 0. The molecule has 0 aliphatic carbocycles. The minimum Gasteiger partial charge on any atom is -0.357 e. The van der Waals surface area contributed by atoms with Gasteiger partial charge in [0.15, 0.2) is 5.96 Å². The number of nitrogens with zero attached hydrogens (tertiary/aromatic N) is 3. The molecule has 2 rings (SSSR count). The van der Waals surface area contributed by atoms with Gasteiger partial charge >= 0.3 is 0 Å². The molecule has 0 spiro atoms. The number of likely N-dealkylation sites (N-methyl/N-ethyl adjacent to an activating group) is 1. The first-order valence-electron chi connectivity index (χ1n) is 10.3. The van der Waals surface area contributed by atoms with E-state index in [0.29, 0.717) is 12.1 Å². The van der Waals surface area contributed by atoms with Crippen LogP contribution in [0.2, 0.25) is 0 Å². The van der Waals surface area contributed by atoms with E-state index < -0.39 is 0 Å². The quantitative estimate of drug-likeness (QED) is 0.570. The normalized spacial score (nSPS) is 22.1. The molecule has 2 N–H and O–H groups in total. The Morgan fingerprint density at radius 3 is 2.56 bits per heavy atom. The topological polar surface area (TPSA) is 42.9 Å². The molecule has 5 nitrogen and oxygen atoms in total. The van der Waals surface area contributed by atoms with Gasteiger partial charge in [0.1, 0.15) is 0 Å². The zero-order valence-electron chi connectivity index (χ0n) is 18.1. The van der Waals surface area contributed by atoms with Crippen LogP contribution in [0.3, 0.4) is 0 Å². The summed E-state index contributed by atoms with van der Waals surface area (Å²) in [6.07, 6.45) is 2.30. The second-order valence-corrected chi connectivity index (χ2v) is 8.57. The number of nitrogens with one attached hydrogen (secondary N) is 2. The van der Waals surface area contributed by atoms with E-state index in [1.165, 1.54) is 5.56 Å². The fourth-order valence-corrected chi connectivity index (χ4v) is 3.33. The average Bonchev–Trinajstić information content (AvgIpc) is 2.63. The second kappa shape index (κ2) is 10.1. The highest BCUT2D eigenvalue weighted by molar-refractivity contribution is 5.80. The minimum absolute atomic E-state index is 0.0503. The molecular weight excluding hydrogens is 334 g/mol. The van der Waals surface area contributed by atoms with Crippen LogP contribution in [0.4, 0.5) is 0 Å². The van der Waals surface area contributed by atoms with Gasteiger partial charge in [-0.2, -0.15) is 0 Å². The summed E-state index contributed by atoms with van der Waals surface area (Å²) in [7, 11) is 4.22. The van der Waals surface area contributed by atoms with Crippen LogP contribution in [0.25, 0.3) is 0 Å². The largest absolute Gasteiger partial charge is 0.357 e. The SMILES string of the molecule is CCNC(=NCC(C)(C)N(C)C)NC1CCN(Cc2ccccc2)C(C)C1. The van der Waals surface area contributed by atoms with Crippen molar-refractivity contribution in [1.82, 2.24) is 20.4 Å². The third-order valence-corrected chi connectivity index (χ3v) is 5.76. The fourth-order valence-electron chi connectivity index (χ4n) is 3.33. The summed E-state index contributed by atoms with van der Waals surface area (Å²) in [5, 5.41) is 7.09. The summed E-state index contributed by atoms with van der Waals surface area (Å²) in [4.78, 5) is 9.67. The molecule has 1 heterocycles. The Morgan fingerprint density at radius 2 is 1.96 bits per heavy atom. The molecule has 1 aromatic rings. The van der Waals surface area contributed by atoms with Crippen LogP contribution in [0.1, 0.15) is 46.1 Å². The Balaban J connectivity index is 1.90. The summed E-state index contributed by atoms with van der Waals surface area (Å²) in [6.45, 7) is 12.7. The van der Waals surface area contributed by atoms with E-state index in [0.717, 1.165) is 45.0 Å². The molecule has 2 atom stereocenters. The van der Waals surface area contributed by atoms with Gasteiger partial charge in [-0.25, -0.2) is 0 Å². The third kappa shape index (κ3) is 6.82. The van der Waals surface area contributed by atoms with Gasteiger partial charge in [-0.05, 0) is 60.2 Å². The van der Waals surface area contributed by atoms with Crippen molar-refractivity contribution in [2.75, 3.05) is 33.7 Å². The molecule has 0 amide bonds. The minimum atomic E-state index is 0.0503. The van der Waals surface area contributed by atoms with E-state index in [1.807, 2.05) is 0 Å². The highest BCUT2D eigenvalue weighted by Gasteiger charge is 2.26. The summed E-state index contributed by atoms with van der Waals surface area (Å²) < 4.78 is 0. The molecule has 1 saturated heterocycles. The lowest BCUT2D eigenvalue weighted by atomic mass is 9.97. The number of aliphatic imine (C=N–C) groups is 1. The molecule has 0 saturated carbocycles. The van der Waals surface area contributed by atoms with Gasteiger partial charge in [0.05, 0.1) is 6.54 Å². The van der Waals surface area contributed by atoms with E-state index in [1.54, 1.807) is 0 Å². The molecule has 1 aliphatic heterocycles.